The molecule has 3 fully saturated rings. The van der Waals surface area contributed by atoms with E-state index in [1.54, 1.807) is 0 Å². The van der Waals surface area contributed by atoms with Crippen molar-refractivity contribution in [2.75, 3.05) is 50.7 Å². The summed E-state index contributed by atoms with van der Waals surface area (Å²) in [6.45, 7) is 8.74. The van der Waals surface area contributed by atoms with Gasteiger partial charge in [-0.25, -0.2) is 14.4 Å². The van der Waals surface area contributed by atoms with Gasteiger partial charge in [0, 0.05) is 39.3 Å². The molecule has 0 unspecified atom stereocenters. The van der Waals surface area contributed by atoms with Crippen LogP contribution in [0.5, 0.6) is 0 Å². The Morgan fingerprint density at radius 2 is 1.50 bits per heavy atom. The quantitative estimate of drug-likeness (QED) is 0.729. The molecule has 160 valence electrons. The molecule has 3 heterocycles. The molecule has 2 aromatic rings. The van der Waals surface area contributed by atoms with Crippen molar-refractivity contribution in [2.24, 2.45) is 5.92 Å². The van der Waals surface area contributed by atoms with Crippen LogP contribution in [0.25, 0.3) is 0 Å². The number of benzene rings is 1. The Kier molecular flexibility index (Phi) is 5.95. The van der Waals surface area contributed by atoms with Crippen LogP contribution < -0.4 is 4.90 Å². The summed E-state index contributed by atoms with van der Waals surface area (Å²) < 4.78 is 13.0. The van der Waals surface area contributed by atoms with Crippen molar-refractivity contribution in [3.05, 3.63) is 53.6 Å². The van der Waals surface area contributed by atoms with Crippen LogP contribution in [0.2, 0.25) is 0 Å². The third-order valence-electron chi connectivity index (χ3n) is 7.07. The Morgan fingerprint density at radius 1 is 0.833 bits per heavy atom. The molecular formula is C24H32FN5. The largest absolute Gasteiger partial charge is 0.338 e. The highest BCUT2D eigenvalue weighted by atomic mass is 19.1. The van der Waals surface area contributed by atoms with Crippen molar-refractivity contribution in [2.45, 2.75) is 38.1 Å². The molecule has 0 bridgehead atoms. The Labute approximate surface area is 178 Å². The Hall–Kier alpha value is -2.05. The normalized spacial score (nSPS) is 25.4. The number of rotatable bonds is 6. The molecule has 3 aliphatic rings. The SMILES string of the molecule is Fc1cnc(N2CCN(CC3CC(c4ccc(CN5CCCC5)cc4)C3)CC2)nc1. The van der Waals surface area contributed by atoms with Crippen LogP contribution in [0, 0.1) is 11.7 Å². The van der Waals surface area contributed by atoms with Gasteiger partial charge in [0.2, 0.25) is 5.95 Å². The standard InChI is InChI=1S/C24H32FN5/c25-23-15-26-24(27-16-23)30-11-9-29(10-12-30)18-20-13-22(14-20)21-5-3-19(4-6-21)17-28-7-1-2-8-28/h3-6,15-16,20,22H,1-2,7-14,17-18H2. The summed E-state index contributed by atoms with van der Waals surface area (Å²) in [6, 6.07) is 9.43. The molecular weight excluding hydrogens is 377 g/mol. The van der Waals surface area contributed by atoms with E-state index < -0.39 is 0 Å². The summed E-state index contributed by atoms with van der Waals surface area (Å²) in [5, 5.41) is 0. The van der Waals surface area contributed by atoms with Crippen molar-refractivity contribution in [1.82, 2.24) is 19.8 Å². The van der Waals surface area contributed by atoms with E-state index in [2.05, 4.69) is 48.9 Å². The molecule has 30 heavy (non-hydrogen) atoms. The lowest BCUT2D eigenvalue weighted by molar-refractivity contribution is 0.152. The van der Waals surface area contributed by atoms with Gasteiger partial charge in [-0.2, -0.15) is 0 Å². The van der Waals surface area contributed by atoms with Gasteiger partial charge < -0.3 is 4.90 Å². The zero-order chi connectivity index (χ0) is 20.3. The average molecular weight is 410 g/mol. The summed E-state index contributed by atoms with van der Waals surface area (Å²) in [5.41, 5.74) is 2.98. The van der Waals surface area contributed by atoms with Gasteiger partial charge in [0.05, 0.1) is 12.4 Å². The number of nitrogens with zero attached hydrogens (tertiary/aromatic N) is 5. The number of piperazine rings is 1. The number of likely N-dealkylation sites (tertiary alicyclic amines) is 1. The minimum absolute atomic E-state index is 0.377. The number of halogens is 1. The molecule has 1 aromatic heterocycles. The zero-order valence-corrected chi connectivity index (χ0v) is 17.7. The van der Waals surface area contributed by atoms with Crippen molar-refractivity contribution in [1.29, 1.82) is 0 Å². The zero-order valence-electron chi connectivity index (χ0n) is 17.7. The monoisotopic (exact) mass is 409 g/mol. The molecule has 1 aliphatic carbocycles. The van der Waals surface area contributed by atoms with E-state index in [0.717, 1.165) is 44.6 Å². The lowest BCUT2D eigenvalue weighted by Gasteiger charge is -2.41. The van der Waals surface area contributed by atoms with Gasteiger partial charge in [-0.15, -0.1) is 0 Å². The van der Waals surface area contributed by atoms with Gasteiger partial charge in [0.15, 0.2) is 5.82 Å². The van der Waals surface area contributed by atoms with Gasteiger partial charge in [-0.05, 0) is 61.7 Å². The van der Waals surface area contributed by atoms with Crippen LogP contribution in [0.3, 0.4) is 0 Å². The molecule has 0 N–H and O–H groups in total. The molecule has 0 atom stereocenters. The van der Waals surface area contributed by atoms with Gasteiger partial charge in [-0.3, -0.25) is 9.80 Å². The highest BCUT2D eigenvalue weighted by Gasteiger charge is 2.32. The molecule has 0 amide bonds. The molecule has 1 saturated carbocycles. The van der Waals surface area contributed by atoms with E-state index in [0.29, 0.717) is 5.95 Å². The summed E-state index contributed by atoms with van der Waals surface area (Å²) in [6.07, 6.45) is 7.84. The predicted octanol–water partition coefficient (Wildman–Crippen LogP) is 3.53. The summed E-state index contributed by atoms with van der Waals surface area (Å²) in [4.78, 5) is 15.5. The number of hydrogen-bond acceptors (Lipinski definition) is 5. The van der Waals surface area contributed by atoms with E-state index in [1.165, 1.54) is 68.8 Å². The second-order valence-corrected chi connectivity index (χ2v) is 9.25. The third-order valence-corrected chi connectivity index (χ3v) is 7.07. The van der Waals surface area contributed by atoms with E-state index in [4.69, 9.17) is 0 Å². The maximum Gasteiger partial charge on any atom is 0.225 e. The fourth-order valence-corrected chi connectivity index (χ4v) is 5.22. The molecule has 5 nitrogen and oxygen atoms in total. The van der Waals surface area contributed by atoms with Crippen molar-refractivity contribution >= 4 is 5.95 Å². The first kappa shape index (κ1) is 19.9. The first-order chi connectivity index (χ1) is 14.7. The fraction of sp³-hybridized carbons (Fsp3) is 0.583. The van der Waals surface area contributed by atoms with Crippen LogP contribution in [-0.2, 0) is 6.54 Å². The number of aromatic nitrogens is 2. The second-order valence-electron chi connectivity index (χ2n) is 9.25. The molecule has 2 saturated heterocycles. The Morgan fingerprint density at radius 3 is 2.17 bits per heavy atom. The molecule has 0 radical (unpaired) electrons. The van der Waals surface area contributed by atoms with E-state index in [-0.39, 0.29) is 5.82 Å². The Bertz CT molecular complexity index is 804. The molecule has 0 spiro atoms. The van der Waals surface area contributed by atoms with Crippen LogP contribution in [0.1, 0.15) is 42.7 Å². The van der Waals surface area contributed by atoms with Gasteiger partial charge in [-0.1, -0.05) is 24.3 Å². The first-order valence-corrected chi connectivity index (χ1v) is 11.5. The minimum atomic E-state index is -0.377. The van der Waals surface area contributed by atoms with Crippen LogP contribution in [0.15, 0.2) is 36.7 Å². The van der Waals surface area contributed by atoms with Crippen molar-refractivity contribution in [3.63, 3.8) is 0 Å². The maximum atomic E-state index is 13.0. The van der Waals surface area contributed by atoms with E-state index in [9.17, 15) is 4.39 Å². The fourth-order valence-electron chi connectivity index (χ4n) is 5.22. The molecule has 1 aromatic carbocycles. The van der Waals surface area contributed by atoms with Crippen LogP contribution in [0.4, 0.5) is 10.3 Å². The van der Waals surface area contributed by atoms with Crippen molar-refractivity contribution in [3.8, 4) is 0 Å². The van der Waals surface area contributed by atoms with Crippen molar-refractivity contribution < 1.29 is 4.39 Å². The van der Waals surface area contributed by atoms with Gasteiger partial charge >= 0.3 is 0 Å². The highest BCUT2D eigenvalue weighted by molar-refractivity contribution is 5.30. The van der Waals surface area contributed by atoms with Crippen LogP contribution in [-0.4, -0.2) is 65.6 Å². The Balaban J connectivity index is 1.04. The summed E-state index contributed by atoms with van der Waals surface area (Å²) >= 11 is 0. The topological polar surface area (TPSA) is 35.5 Å². The minimum Gasteiger partial charge on any atom is -0.338 e. The van der Waals surface area contributed by atoms with E-state index >= 15 is 0 Å². The lowest BCUT2D eigenvalue weighted by Crippen LogP contribution is -2.49. The summed E-state index contributed by atoms with van der Waals surface area (Å²) in [5.74, 6) is 1.82. The molecule has 2 aliphatic heterocycles. The average Bonchev–Trinajstić information content (AvgIpc) is 3.25. The second kappa shape index (κ2) is 8.98. The lowest BCUT2D eigenvalue weighted by atomic mass is 9.71. The smallest absolute Gasteiger partial charge is 0.225 e. The van der Waals surface area contributed by atoms with Gasteiger partial charge in [0.25, 0.3) is 0 Å². The van der Waals surface area contributed by atoms with Gasteiger partial charge in [0.1, 0.15) is 0 Å². The van der Waals surface area contributed by atoms with Crippen LogP contribution >= 0.6 is 0 Å². The number of anilines is 1. The first-order valence-electron chi connectivity index (χ1n) is 11.5. The highest BCUT2D eigenvalue weighted by Crippen LogP contribution is 2.42. The molecule has 5 rings (SSSR count). The van der Waals surface area contributed by atoms with E-state index in [1.807, 2.05) is 0 Å². The number of hydrogen-bond donors (Lipinski definition) is 0. The molecule has 6 heteroatoms. The summed E-state index contributed by atoms with van der Waals surface area (Å²) in [7, 11) is 0. The maximum absolute atomic E-state index is 13.0. The predicted molar refractivity (Wildman–Crippen MR) is 117 cm³/mol. The third kappa shape index (κ3) is 4.65.